The van der Waals surface area contributed by atoms with Crippen molar-refractivity contribution in [2.75, 3.05) is 23.3 Å². The van der Waals surface area contributed by atoms with Gasteiger partial charge in [0.1, 0.15) is 0 Å². The number of hydrogen-bond acceptors (Lipinski definition) is 5. The predicted molar refractivity (Wildman–Crippen MR) is 98.7 cm³/mol. The van der Waals surface area contributed by atoms with Crippen LogP contribution in [0.4, 0.5) is 11.4 Å². The van der Waals surface area contributed by atoms with E-state index in [1.165, 1.54) is 44.4 Å². The molecule has 0 fully saturated rings. The molecule has 0 spiro atoms. The minimum Gasteiger partial charge on any atom is -0.465 e. The van der Waals surface area contributed by atoms with E-state index in [2.05, 4.69) is 5.32 Å². The van der Waals surface area contributed by atoms with Crippen LogP contribution >= 0.6 is 0 Å². The van der Waals surface area contributed by atoms with Crippen molar-refractivity contribution < 1.29 is 22.7 Å². The molecule has 0 heterocycles. The van der Waals surface area contributed by atoms with Gasteiger partial charge in [-0.25, -0.2) is 13.2 Å². The standard InChI is InChI=1S/C18H20N2O5S/c1-4-20(17-8-6-5-7-16(17)18(22)25-3)26(23,24)15-11-9-14(10-12-15)19-13(2)21/h5-12H,4H2,1-3H3,(H,19,21). The second-order valence-corrected chi connectivity index (χ2v) is 7.25. The molecule has 1 amide bonds. The maximum Gasteiger partial charge on any atom is 0.340 e. The monoisotopic (exact) mass is 376 g/mol. The Kier molecular flexibility index (Phi) is 5.99. The largest absolute Gasteiger partial charge is 0.465 e. The number of para-hydroxylation sites is 1. The van der Waals surface area contributed by atoms with Crippen LogP contribution in [0.5, 0.6) is 0 Å². The maximum absolute atomic E-state index is 13.0. The zero-order valence-corrected chi connectivity index (χ0v) is 15.5. The van der Waals surface area contributed by atoms with Crippen LogP contribution in [0.25, 0.3) is 0 Å². The highest BCUT2D eigenvalue weighted by Gasteiger charge is 2.27. The van der Waals surface area contributed by atoms with E-state index >= 15 is 0 Å². The Morgan fingerprint density at radius 3 is 2.23 bits per heavy atom. The molecule has 0 aromatic heterocycles. The number of nitrogens with zero attached hydrogens (tertiary/aromatic N) is 1. The van der Waals surface area contributed by atoms with Gasteiger partial charge in [0, 0.05) is 19.2 Å². The second-order valence-electron chi connectivity index (χ2n) is 5.38. The van der Waals surface area contributed by atoms with Crippen molar-refractivity contribution in [3.8, 4) is 0 Å². The van der Waals surface area contributed by atoms with Crippen LogP contribution in [0.2, 0.25) is 0 Å². The number of anilines is 2. The summed E-state index contributed by atoms with van der Waals surface area (Å²) in [5, 5.41) is 2.58. The third-order valence-corrected chi connectivity index (χ3v) is 5.53. The van der Waals surface area contributed by atoms with Crippen LogP contribution in [0, 0.1) is 0 Å². The number of hydrogen-bond donors (Lipinski definition) is 1. The van der Waals surface area contributed by atoms with Crippen molar-refractivity contribution in [2.24, 2.45) is 0 Å². The lowest BCUT2D eigenvalue weighted by molar-refractivity contribution is -0.114. The number of amides is 1. The number of sulfonamides is 1. The first-order chi connectivity index (χ1) is 12.3. The van der Waals surface area contributed by atoms with E-state index in [-0.39, 0.29) is 28.6 Å². The van der Waals surface area contributed by atoms with Crippen LogP contribution in [0.1, 0.15) is 24.2 Å². The van der Waals surface area contributed by atoms with Gasteiger partial charge in [-0.1, -0.05) is 12.1 Å². The molecule has 138 valence electrons. The fourth-order valence-corrected chi connectivity index (χ4v) is 3.98. The second kappa shape index (κ2) is 8.01. The summed E-state index contributed by atoms with van der Waals surface area (Å²) in [4.78, 5) is 23.1. The Morgan fingerprint density at radius 1 is 1.08 bits per heavy atom. The summed E-state index contributed by atoms with van der Waals surface area (Å²) in [6, 6.07) is 12.2. The topological polar surface area (TPSA) is 92.8 Å². The molecule has 0 aliphatic rings. The van der Waals surface area contributed by atoms with Crippen LogP contribution in [-0.2, 0) is 19.6 Å². The van der Waals surface area contributed by atoms with E-state index in [1.54, 1.807) is 25.1 Å². The summed E-state index contributed by atoms with van der Waals surface area (Å²) in [6.45, 7) is 3.17. The molecule has 2 aromatic carbocycles. The van der Waals surface area contributed by atoms with E-state index in [0.717, 1.165) is 4.31 Å². The number of carbonyl (C=O) groups excluding carboxylic acids is 2. The number of benzene rings is 2. The van der Waals surface area contributed by atoms with E-state index in [9.17, 15) is 18.0 Å². The van der Waals surface area contributed by atoms with Gasteiger partial charge in [-0.05, 0) is 43.3 Å². The molecular formula is C18H20N2O5S. The molecule has 0 atom stereocenters. The number of carbonyl (C=O) groups is 2. The maximum atomic E-state index is 13.0. The van der Waals surface area contributed by atoms with Gasteiger partial charge in [-0.2, -0.15) is 0 Å². The summed E-state index contributed by atoms with van der Waals surface area (Å²) in [5.41, 5.74) is 0.900. The minimum absolute atomic E-state index is 0.0492. The third kappa shape index (κ3) is 4.02. The van der Waals surface area contributed by atoms with E-state index < -0.39 is 16.0 Å². The fraction of sp³-hybridized carbons (Fsp3) is 0.222. The first-order valence-electron chi connectivity index (χ1n) is 7.89. The number of rotatable bonds is 6. The highest BCUT2D eigenvalue weighted by molar-refractivity contribution is 7.92. The van der Waals surface area contributed by atoms with E-state index in [0.29, 0.717) is 5.69 Å². The van der Waals surface area contributed by atoms with E-state index in [4.69, 9.17) is 4.74 Å². The van der Waals surface area contributed by atoms with Crippen molar-refractivity contribution in [1.29, 1.82) is 0 Å². The molecule has 2 aromatic rings. The molecular weight excluding hydrogens is 356 g/mol. The molecule has 0 bridgehead atoms. The van der Waals surface area contributed by atoms with Gasteiger partial charge >= 0.3 is 5.97 Å². The van der Waals surface area contributed by atoms with Crippen molar-refractivity contribution >= 4 is 33.3 Å². The highest BCUT2D eigenvalue weighted by Crippen LogP contribution is 2.28. The lowest BCUT2D eigenvalue weighted by Crippen LogP contribution is -2.32. The molecule has 7 nitrogen and oxygen atoms in total. The Morgan fingerprint density at radius 2 is 1.69 bits per heavy atom. The lowest BCUT2D eigenvalue weighted by atomic mass is 10.2. The van der Waals surface area contributed by atoms with Gasteiger partial charge in [0.15, 0.2) is 0 Å². The molecule has 0 aliphatic heterocycles. The molecule has 8 heteroatoms. The van der Waals surface area contributed by atoms with E-state index in [1.807, 2.05) is 0 Å². The fourth-order valence-electron chi connectivity index (χ4n) is 2.48. The Bertz CT molecular complexity index is 907. The van der Waals surface area contributed by atoms with Gasteiger partial charge < -0.3 is 10.1 Å². The summed E-state index contributed by atoms with van der Waals surface area (Å²) in [7, 11) is -2.66. The molecule has 0 radical (unpaired) electrons. The SMILES string of the molecule is CCN(c1ccccc1C(=O)OC)S(=O)(=O)c1ccc(NC(C)=O)cc1. The zero-order chi connectivity index (χ0) is 19.3. The molecule has 2 rings (SSSR count). The Hall–Kier alpha value is -2.87. The molecule has 0 unspecified atom stereocenters. The number of esters is 1. The average molecular weight is 376 g/mol. The van der Waals surface area contributed by atoms with Gasteiger partial charge in [0.2, 0.25) is 5.91 Å². The van der Waals surface area contributed by atoms with Crippen LogP contribution in [-0.4, -0.2) is 33.9 Å². The average Bonchev–Trinajstić information content (AvgIpc) is 2.62. The van der Waals surface area contributed by atoms with Crippen LogP contribution in [0.15, 0.2) is 53.4 Å². The Labute approximate surface area is 152 Å². The third-order valence-electron chi connectivity index (χ3n) is 3.63. The predicted octanol–water partition coefficient (Wildman–Crippen LogP) is 2.65. The highest BCUT2D eigenvalue weighted by atomic mass is 32.2. The van der Waals surface area contributed by atoms with Crippen molar-refractivity contribution in [2.45, 2.75) is 18.7 Å². The quantitative estimate of drug-likeness (QED) is 0.783. The smallest absolute Gasteiger partial charge is 0.340 e. The normalized spacial score (nSPS) is 10.9. The van der Waals surface area contributed by atoms with Crippen LogP contribution < -0.4 is 9.62 Å². The van der Waals surface area contributed by atoms with Crippen molar-refractivity contribution in [3.63, 3.8) is 0 Å². The van der Waals surface area contributed by atoms with Gasteiger partial charge in [-0.15, -0.1) is 0 Å². The zero-order valence-electron chi connectivity index (χ0n) is 14.7. The molecule has 0 saturated carbocycles. The first-order valence-corrected chi connectivity index (χ1v) is 9.33. The summed E-state index contributed by atoms with van der Waals surface area (Å²) < 4.78 is 32.0. The first kappa shape index (κ1) is 19.5. The molecule has 0 saturated heterocycles. The number of ether oxygens (including phenoxy) is 1. The molecule has 1 N–H and O–H groups in total. The Balaban J connectivity index is 2.46. The molecule has 0 aliphatic carbocycles. The van der Waals surface area contributed by atoms with Crippen molar-refractivity contribution in [1.82, 2.24) is 0 Å². The summed E-state index contributed by atoms with van der Waals surface area (Å²) in [6.07, 6.45) is 0. The lowest BCUT2D eigenvalue weighted by Gasteiger charge is -2.24. The van der Waals surface area contributed by atoms with Crippen molar-refractivity contribution in [3.05, 3.63) is 54.1 Å². The van der Waals surface area contributed by atoms with Gasteiger partial charge in [0.25, 0.3) is 10.0 Å². The minimum atomic E-state index is -3.90. The molecule has 26 heavy (non-hydrogen) atoms. The summed E-state index contributed by atoms with van der Waals surface area (Å²) in [5.74, 6) is -0.863. The number of nitrogens with one attached hydrogen (secondary N) is 1. The van der Waals surface area contributed by atoms with Gasteiger partial charge in [-0.3, -0.25) is 9.10 Å². The number of methoxy groups -OCH3 is 1. The summed E-state index contributed by atoms with van der Waals surface area (Å²) >= 11 is 0. The van der Waals surface area contributed by atoms with Crippen LogP contribution in [0.3, 0.4) is 0 Å². The van der Waals surface area contributed by atoms with Gasteiger partial charge in [0.05, 0.1) is 23.3 Å².